The van der Waals surface area contributed by atoms with Gasteiger partial charge in [0, 0.05) is 0 Å². The van der Waals surface area contributed by atoms with Crippen molar-refractivity contribution in [1.29, 1.82) is 0 Å². The maximum absolute atomic E-state index is 2.53. The summed E-state index contributed by atoms with van der Waals surface area (Å²) in [6.07, 6.45) is 18.8. The van der Waals surface area contributed by atoms with Crippen LogP contribution in [0.25, 0.3) is 0 Å². The van der Waals surface area contributed by atoms with Gasteiger partial charge in [0.25, 0.3) is 0 Å². The van der Waals surface area contributed by atoms with E-state index < -0.39 is 0 Å². The Morgan fingerprint density at radius 2 is 1.48 bits per heavy atom. The fraction of sp³-hybridized carbons (Fsp3) is 0.778. The van der Waals surface area contributed by atoms with Crippen LogP contribution in [0.2, 0.25) is 0 Å². The molecule has 0 saturated heterocycles. The molecule has 2 aliphatic rings. The van der Waals surface area contributed by atoms with Crippen LogP contribution < -0.4 is 0 Å². The molecule has 0 aliphatic heterocycles. The summed E-state index contributed by atoms with van der Waals surface area (Å²) in [7, 11) is 0. The van der Waals surface area contributed by atoms with E-state index in [9.17, 15) is 0 Å². The molecule has 3 atom stereocenters. The maximum atomic E-state index is 2.53. The second kappa shape index (κ2) is 10.7. The molecular weight excluding hydrogens is 324 g/mol. The van der Waals surface area contributed by atoms with E-state index >= 15 is 0 Å². The fourth-order valence-electron chi connectivity index (χ4n) is 6.21. The lowest BCUT2D eigenvalue weighted by Crippen LogP contribution is -2.29. The molecule has 0 aromatic heterocycles. The first-order valence-electron chi connectivity index (χ1n) is 12.3. The molecule has 2 fully saturated rings. The minimum absolute atomic E-state index is 0.808. The van der Waals surface area contributed by atoms with Crippen LogP contribution in [0, 0.1) is 23.7 Å². The number of rotatable bonds is 8. The summed E-state index contributed by atoms with van der Waals surface area (Å²) < 4.78 is 0. The van der Waals surface area contributed by atoms with Crippen molar-refractivity contribution in [3.63, 3.8) is 0 Å². The van der Waals surface area contributed by atoms with Crippen molar-refractivity contribution in [2.45, 2.75) is 110 Å². The van der Waals surface area contributed by atoms with Gasteiger partial charge in [-0.1, -0.05) is 90.0 Å². The van der Waals surface area contributed by atoms with Gasteiger partial charge in [-0.05, 0) is 79.2 Å². The Labute approximate surface area is 169 Å². The van der Waals surface area contributed by atoms with Gasteiger partial charge in [-0.3, -0.25) is 0 Å². The molecule has 2 saturated carbocycles. The normalized spacial score (nSPS) is 31.7. The molecule has 3 unspecified atom stereocenters. The Bertz CT molecular complexity index is 519. The van der Waals surface area contributed by atoms with E-state index in [-0.39, 0.29) is 0 Å². The van der Waals surface area contributed by atoms with Crippen molar-refractivity contribution >= 4 is 0 Å². The first-order chi connectivity index (χ1) is 13.2. The Morgan fingerprint density at radius 3 is 2.11 bits per heavy atom. The van der Waals surface area contributed by atoms with Crippen LogP contribution in [-0.4, -0.2) is 0 Å². The van der Waals surface area contributed by atoms with Gasteiger partial charge in [0.15, 0.2) is 0 Å². The standard InChI is InChI=1S/C27H44/c1-4-6-7-9-23-10-14-24(15-11-23)26-18-19-27(21(3)20-26)25-16-12-22(8-5-2)13-17-25/h12-13,16-17,21,23-24,26-27H,4-11,14-15,18-20H2,1-3H3/t21?,23-,24-,26?,27?. The molecule has 0 amide bonds. The van der Waals surface area contributed by atoms with Crippen LogP contribution in [0.15, 0.2) is 24.3 Å². The molecule has 152 valence electrons. The second-order valence-electron chi connectivity index (χ2n) is 9.93. The molecule has 1 aromatic carbocycles. The van der Waals surface area contributed by atoms with Gasteiger partial charge in [-0.2, -0.15) is 0 Å². The lowest BCUT2D eigenvalue weighted by Gasteiger charge is -2.41. The van der Waals surface area contributed by atoms with Crippen LogP contribution in [0.3, 0.4) is 0 Å². The van der Waals surface area contributed by atoms with Gasteiger partial charge in [0.2, 0.25) is 0 Å². The molecule has 0 heteroatoms. The fourth-order valence-corrected chi connectivity index (χ4v) is 6.21. The van der Waals surface area contributed by atoms with Crippen molar-refractivity contribution in [2.24, 2.45) is 23.7 Å². The lowest BCUT2D eigenvalue weighted by molar-refractivity contribution is 0.130. The largest absolute Gasteiger partial charge is 0.0654 e. The molecule has 0 nitrogen and oxygen atoms in total. The summed E-state index contributed by atoms with van der Waals surface area (Å²) >= 11 is 0. The van der Waals surface area contributed by atoms with E-state index in [0.717, 1.165) is 29.6 Å². The molecule has 2 aliphatic carbocycles. The molecule has 0 heterocycles. The molecular formula is C27H44. The van der Waals surface area contributed by atoms with E-state index in [1.54, 1.807) is 5.56 Å². The predicted molar refractivity (Wildman–Crippen MR) is 119 cm³/mol. The SMILES string of the molecule is CCCCC[C@H]1CC[C@H](C2CCC(c3ccc(CCC)cc3)C(C)C2)CC1. The van der Waals surface area contributed by atoms with Crippen LogP contribution in [-0.2, 0) is 6.42 Å². The van der Waals surface area contributed by atoms with Crippen LogP contribution >= 0.6 is 0 Å². The molecule has 0 spiro atoms. The molecule has 0 N–H and O–H groups in total. The van der Waals surface area contributed by atoms with Crippen LogP contribution in [0.5, 0.6) is 0 Å². The Morgan fingerprint density at radius 1 is 0.778 bits per heavy atom. The quantitative estimate of drug-likeness (QED) is 0.403. The summed E-state index contributed by atoms with van der Waals surface area (Å²) in [5.41, 5.74) is 3.12. The predicted octanol–water partition coefficient (Wildman–Crippen LogP) is 8.55. The van der Waals surface area contributed by atoms with Gasteiger partial charge in [0.1, 0.15) is 0 Å². The van der Waals surface area contributed by atoms with E-state index in [4.69, 9.17) is 0 Å². The summed E-state index contributed by atoms with van der Waals surface area (Å²) in [5, 5.41) is 0. The highest BCUT2D eigenvalue weighted by Gasteiger charge is 2.34. The smallest absolute Gasteiger partial charge is 0.0136 e. The van der Waals surface area contributed by atoms with Crippen molar-refractivity contribution in [3.8, 4) is 0 Å². The topological polar surface area (TPSA) is 0 Å². The van der Waals surface area contributed by atoms with E-state index in [2.05, 4.69) is 45.0 Å². The summed E-state index contributed by atoms with van der Waals surface area (Å²) in [5.74, 6) is 4.79. The van der Waals surface area contributed by atoms with E-state index in [0.29, 0.717) is 0 Å². The lowest BCUT2D eigenvalue weighted by atomic mass is 9.64. The Kier molecular flexibility index (Phi) is 8.28. The van der Waals surface area contributed by atoms with Crippen molar-refractivity contribution in [2.75, 3.05) is 0 Å². The highest BCUT2D eigenvalue weighted by Crippen LogP contribution is 2.47. The minimum Gasteiger partial charge on any atom is -0.0654 e. The molecule has 3 rings (SSSR count). The van der Waals surface area contributed by atoms with Gasteiger partial charge in [-0.25, -0.2) is 0 Å². The summed E-state index contributed by atoms with van der Waals surface area (Å²) in [6.45, 7) is 7.14. The zero-order valence-corrected chi connectivity index (χ0v) is 18.4. The number of hydrogen-bond acceptors (Lipinski definition) is 0. The third-order valence-corrected chi connectivity index (χ3v) is 7.93. The van der Waals surface area contributed by atoms with Crippen LogP contribution in [0.1, 0.15) is 115 Å². The molecule has 0 bridgehead atoms. The van der Waals surface area contributed by atoms with Crippen LogP contribution in [0.4, 0.5) is 0 Å². The highest BCUT2D eigenvalue weighted by molar-refractivity contribution is 5.26. The number of aryl methyl sites for hydroxylation is 1. The minimum atomic E-state index is 0.808. The molecule has 27 heavy (non-hydrogen) atoms. The second-order valence-corrected chi connectivity index (χ2v) is 9.93. The summed E-state index contributed by atoms with van der Waals surface area (Å²) in [4.78, 5) is 0. The first-order valence-corrected chi connectivity index (χ1v) is 12.3. The third kappa shape index (κ3) is 5.85. The molecule has 0 radical (unpaired) electrons. The number of unbranched alkanes of at least 4 members (excludes halogenated alkanes) is 2. The van der Waals surface area contributed by atoms with Gasteiger partial charge < -0.3 is 0 Å². The zero-order valence-electron chi connectivity index (χ0n) is 18.4. The average molecular weight is 369 g/mol. The Balaban J connectivity index is 1.46. The van der Waals surface area contributed by atoms with E-state index in [1.165, 1.54) is 89.0 Å². The van der Waals surface area contributed by atoms with Gasteiger partial charge >= 0.3 is 0 Å². The van der Waals surface area contributed by atoms with Crippen molar-refractivity contribution in [3.05, 3.63) is 35.4 Å². The maximum Gasteiger partial charge on any atom is -0.0136 e. The monoisotopic (exact) mass is 368 g/mol. The zero-order chi connectivity index (χ0) is 19.1. The number of benzene rings is 1. The highest BCUT2D eigenvalue weighted by atomic mass is 14.4. The first kappa shape index (κ1) is 20.9. The van der Waals surface area contributed by atoms with E-state index in [1.807, 2.05) is 0 Å². The van der Waals surface area contributed by atoms with Gasteiger partial charge in [0.05, 0.1) is 0 Å². The average Bonchev–Trinajstić information content (AvgIpc) is 2.70. The van der Waals surface area contributed by atoms with Crippen molar-refractivity contribution < 1.29 is 0 Å². The van der Waals surface area contributed by atoms with Gasteiger partial charge in [-0.15, -0.1) is 0 Å². The molecule has 1 aromatic rings. The Hall–Kier alpha value is -0.780. The summed E-state index contributed by atoms with van der Waals surface area (Å²) in [6, 6.07) is 9.65. The third-order valence-electron chi connectivity index (χ3n) is 7.93. The van der Waals surface area contributed by atoms with Crippen molar-refractivity contribution in [1.82, 2.24) is 0 Å². The number of hydrogen-bond donors (Lipinski definition) is 0.